The Morgan fingerprint density at radius 1 is 0.773 bits per heavy atom. The highest BCUT2D eigenvalue weighted by atomic mass is 15.8. The molecule has 22 heavy (non-hydrogen) atoms. The molecule has 4 nitrogen and oxygen atoms in total. The Balaban J connectivity index is 1.72. The van der Waals surface area contributed by atoms with Crippen LogP contribution in [0, 0.1) is 0 Å². The topological polar surface area (TPSA) is 48.5 Å². The smallest absolute Gasteiger partial charge is 0.139 e. The van der Waals surface area contributed by atoms with Crippen molar-refractivity contribution in [1.29, 1.82) is 0 Å². The lowest BCUT2D eigenvalue weighted by Crippen LogP contribution is -2.34. The van der Waals surface area contributed by atoms with Gasteiger partial charge >= 0.3 is 0 Å². The summed E-state index contributed by atoms with van der Waals surface area (Å²) in [6, 6.07) is 0. The van der Waals surface area contributed by atoms with Crippen LogP contribution in [0.4, 0.5) is 0 Å². The summed E-state index contributed by atoms with van der Waals surface area (Å²) < 4.78 is 0. The molecule has 0 atom stereocenters. The molecule has 0 spiro atoms. The standard InChI is InChI=1S/C18H36N4/c1-2-3-4-5-6-7-8-9-10-11-12-13-14-15-16-17-18-19-21-22-20-18/h9-10,21-22H,2-8,11-17H2,1H3,(H,19,20)/b10-9-. The molecule has 0 aromatic carbocycles. The number of hydrazine groups is 2. The van der Waals surface area contributed by atoms with Crippen molar-refractivity contribution < 1.29 is 0 Å². The van der Waals surface area contributed by atoms with Gasteiger partial charge < -0.3 is 0 Å². The molecule has 4 heteroatoms. The zero-order valence-corrected chi connectivity index (χ0v) is 14.5. The van der Waals surface area contributed by atoms with Crippen LogP contribution in [-0.4, -0.2) is 5.84 Å². The van der Waals surface area contributed by atoms with Crippen LogP contribution in [0.25, 0.3) is 0 Å². The van der Waals surface area contributed by atoms with Crippen LogP contribution in [0.3, 0.4) is 0 Å². The molecule has 0 saturated heterocycles. The van der Waals surface area contributed by atoms with Crippen molar-refractivity contribution in [2.24, 2.45) is 5.10 Å². The van der Waals surface area contributed by atoms with Gasteiger partial charge in [0.1, 0.15) is 5.84 Å². The average molecular weight is 309 g/mol. The first-order chi connectivity index (χ1) is 10.9. The lowest BCUT2D eigenvalue weighted by atomic mass is 10.1. The molecule has 0 aromatic heterocycles. The molecule has 3 N–H and O–H groups in total. The second-order valence-corrected chi connectivity index (χ2v) is 6.25. The molecule has 0 bridgehead atoms. The van der Waals surface area contributed by atoms with E-state index in [9.17, 15) is 0 Å². The summed E-state index contributed by atoms with van der Waals surface area (Å²) in [7, 11) is 0. The van der Waals surface area contributed by atoms with Gasteiger partial charge in [0.15, 0.2) is 0 Å². The van der Waals surface area contributed by atoms with Gasteiger partial charge in [-0.15, -0.1) is 10.6 Å². The highest BCUT2D eigenvalue weighted by molar-refractivity contribution is 5.82. The molecule has 0 aromatic rings. The number of hydrazone groups is 1. The summed E-state index contributed by atoms with van der Waals surface area (Å²) >= 11 is 0. The molecule has 0 unspecified atom stereocenters. The van der Waals surface area contributed by atoms with Crippen LogP contribution in [-0.2, 0) is 0 Å². The predicted octanol–water partition coefficient (Wildman–Crippen LogP) is 4.95. The van der Waals surface area contributed by atoms with Gasteiger partial charge in [-0.25, -0.2) is 5.53 Å². The third-order valence-electron chi connectivity index (χ3n) is 4.13. The Hall–Kier alpha value is -1.03. The predicted molar refractivity (Wildman–Crippen MR) is 96.3 cm³/mol. The summed E-state index contributed by atoms with van der Waals surface area (Å²) in [6.07, 6.45) is 23.3. The van der Waals surface area contributed by atoms with Crippen LogP contribution in [0.1, 0.15) is 96.8 Å². The molecular formula is C18H36N4. The van der Waals surface area contributed by atoms with Crippen molar-refractivity contribution >= 4 is 5.84 Å². The average Bonchev–Trinajstić information content (AvgIpc) is 3.04. The van der Waals surface area contributed by atoms with Gasteiger partial charge in [0.2, 0.25) is 0 Å². The van der Waals surface area contributed by atoms with Gasteiger partial charge in [-0.05, 0) is 32.1 Å². The van der Waals surface area contributed by atoms with Crippen molar-refractivity contribution in [2.75, 3.05) is 0 Å². The van der Waals surface area contributed by atoms with Crippen molar-refractivity contribution in [3.05, 3.63) is 12.2 Å². The van der Waals surface area contributed by atoms with Gasteiger partial charge in [0.25, 0.3) is 0 Å². The zero-order chi connectivity index (χ0) is 15.7. The first kappa shape index (κ1) is 19.0. The number of amidine groups is 1. The Kier molecular flexibility index (Phi) is 12.9. The van der Waals surface area contributed by atoms with Crippen molar-refractivity contribution in [3.8, 4) is 0 Å². The highest BCUT2D eigenvalue weighted by Gasteiger charge is 2.02. The number of hydrogen-bond donors (Lipinski definition) is 3. The number of allylic oxidation sites excluding steroid dienone is 2. The minimum absolute atomic E-state index is 1.03. The fourth-order valence-electron chi connectivity index (χ4n) is 2.71. The van der Waals surface area contributed by atoms with E-state index in [1.807, 2.05) is 0 Å². The van der Waals surface area contributed by atoms with Gasteiger partial charge in [0.05, 0.1) is 0 Å². The van der Waals surface area contributed by atoms with E-state index in [-0.39, 0.29) is 0 Å². The quantitative estimate of drug-likeness (QED) is 0.296. The van der Waals surface area contributed by atoms with E-state index in [1.165, 1.54) is 83.5 Å². The summed E-state index contributed by atoms with van der Waals surface area (Å²) in [5.74, 6) is 1.03. The van der Waals surface area contributed by atoms with Crippen molar-refractivity contribution in [3.63, 3.8) is 0 Å². The molecule has 0 aliphatic carbocycles. The Labute approximate surface area is 137 Å². The number of rotatable bonds is 15. The van der Waals surface area contributed by atoms with E-state index in [2.05, 4.69) is 40.7 Å². The minimum atomic E-state index is 1.03. The minimum Gasteiger partial charge on any atom is -0.289 e. The Morgan fingerprint density at radius 3 is 1.95 bits per heavy atom. The van der Waals surface area contributed by atoms with E-state index in [0.29, 0.717) is 0 Å². The largest absolute Gasteiger partial charge is 0.289 e. The molecule has 1 aliphatic rings. The number of nitrogens with zero attached hydrogens (tertiary/aromatic N) is 1. The molecule has 1 rings (SSSR count). The summed E-state index contributed by atoms with van der Waals surface area (Å²) in [4.78, 5) is 0. The molecule has 0 fully saturated rings. The number of unbranched alkanes of at least 4 members (excludes halogenated alkanes) is 11. The molecule has 0 amide bonds. The summed E-state index contributed by atoms with van der Waals surface area (Å²) in [5.41, 5.74) is 8.44. The highest BCUT2D eigenvalue weighted by Crippen LogP contribution is 2.10. The monoisotopic (exact) mass is 308 g/mol. The third kappa shape index (κ3) is 11.6. The Morgan fingerprint density at radius 2 is 1.36 bits per heavy atom. The third-order valence-corrected chi connectivity index (χ3v) is 4.13. The summed E-state index contributed by atoms with van der Waals surface area (Å²) in [5, 5.41) is 4.07. The second kappa shape index (κ2) is 14.9. The maximum absolute atomic E-state index is 4.07. The van der Waals surface area contributed by atoms with Crippen LogP contribution < -0.4 is 16.5 Å². The zero-order valence-electron chi connectivity index (χ0n) is 14.5. The van der Waals surface area contributed by atoms with E-state index >= 15 is 0 Å². The van der Waals surface area contributed by atoms with Crippen LogP contribution in [0.15, 0.2) is 17.3 Å². The molecule has 1 heterocycles. The second-order valence-electron chi connectivity index (χ2n) is 6.25. The lowest BCUT2D eigenvalue weighted by molar-refractivity contribution is 0.574. The Bertz CT molecular complexity index is 299. The van der Waals surface area contributed by atoms with E-state index < -0.39 is 0 Å². The van der Waals surface area contributed by atoms with Crippen molar-refractivity contribution in [2.45, 2.75) is 96.8 Å². The van der Waals surface area contributed by atoms with Gasteiger partial charge in [-0.2, -0.15) is 0 Å². The first-order valence-corrected chi connectivity index (χ1v) is 9.41. The van der Waals surface area contributed by atoms with Gasteiger partial charge in [-0.3, -0.25) is 5.43 Å². The fraction of sp³-hybridized carbons (Fsp3) is 0.833. The fourth-order valence-corrected chi connectivity index (χ4v) is 2.71. The maximum Gasteiger partial charge on any atom is 0.139 e. The van der Waals surface area contributed by atoms with E-state index in [4.69, 9.17) is 0 Å². The SMILES string of the molecule is CCCCCCCC/C=C\CCCCCCCC1=NNNN1. The first-order valence-electron chi connectivity index (χ1n) is 9.41. The molecule has 1 aliphatic heterocycles. The van der Waals surface area contributed by atoms with Crippen molar-refractivity contribution in [1.82, 2.24) is 16.5 Å². The van der Waals surface area contributed by atoms with Gasteiger partial charge in [-0.1, -0.05) is 70.4 Å². The van der Waals surface area contributed by atoms with E-state index in [1.54, 1.807) is 0 Å². The summed E-state index contributed by atoms with van der Waals surface area (Å²) in [6.45, 7) is 2.28. The number of nitrogens with one attached hydrogen (secondary N) is 3. The molecule has 0 radical (unpaired) electrons. The lowest BCUT2D eigenvalue weighted by Gasteiger charge is -2.01. The molecular weight excluding hydrogens is 272 g/mol. The van der Waals surface area contributed by atoms with E-state index in [0.717, 1.165) is 12.3 Å². The van der Waals surface area contributed by atoms with Crippen LogP contribution in [0.5, 0.6) is 0 Å². The number of hydrogen-bond acceptors (Lipinski definition) is 4. The van der Waals surface area contributed by atoms with Crippen LogP contribution in [0.2, 0.25) is 0 Å². The normalized spacial score (nSPS) is 14.1. The van der Waals surface area contributed by atoms with Gasteiger partial charge in [0, 0.05) is 6.42 Å². The molecule has 128 valence electrons. The molecule has 0 saturated carbocycles. The van der Waals surface area contributed by atoms with Crippen LogP contribution >= 0.6 is 0 Å². The maximum atomic E-state index is 4.07.